The van der Waals surface area contributed by atoms with Gasteiger partial charge in [-0.05, 0) is 18.4 Å². The first-order valence-electron chi connectivity index (χ1n) is 8.14. The van der Waals surface area contributed by atoms with Gasteiger partial charge in [-0.15, -0.1) is 0 Å². The standard InChI is InChI=1S/C17H25O5P/c1-3-15(10-20-11-15)17(22-23(18)19,14-8-6-5-7-9-14)16(4-2)12-21-13-16/h5-9,18-19H,3-4,10-13H2,1-2H3. The van der Waals surface area contributed by atoms with E-state index in [1.165, 1.54) is 0 Å². The highest BCUT2D eigenvalue weighted by atomic mass is 31.2. The lowest BCUT2D eigenvalue weighted by molar-refractivity contribution is -0.314. The van der Waals surface area contributed by atoms with Gasteiger partial charge >= 0.3 is 8.60 Å². The van der Waals surface area contributed by atoms with Crippen molar-refractivity contribution in [1.29, 1.82) is 0 Å². The van der Waals surface area contributed by atoms with Crippen LogP contribution in [0, 0.1) is 10.8 Å². The van der Waals surface area contributed by atoms with Crippen LogP contribution in [0.15, 0.2) is 30.3 Å². The van der Waals surface area contributed by atoms with E-state index in [-0.39, 0.29) is 10.8 Å². The predicted octanol–water partition coefficient (Wildman–Crippen LogP) is 2.96. The summed E-state index contributed by atoms with van der Waals surface area (Å²) in [6.07, 6.45) is 1.68. The normalized spacial score (nSPS) is 22.5. The third-order valence-corrected chi connectivity index (χ3v) is 6.20. The fourth-order valence-corrected chi connectivity index (χ4v) is 4.96. The van der Waals surface area contributed by atoms with Crippen LogP contribution in [0.2, 0.25) is 0 Å². The zero-order valence-corrected chi connectivity index (χ0v) is 14.6. The zero-order valence-electron chi connectivity index (χ0n) is 13.7. The summed E-state index contributed by atoms with van der Waals surface area (Å²) in [6, 6.07) is 9.93. The first kappa shape index (κ1) is 17.3. The monoisotopic (exact) mass is 340 g/mol. The van der Waals surface area contributed by atoms with E-state index < -0.39 is 14.2 Å². The second-order valence-corrected chi connectivity index (χ2v) is 7.33. The number of hydrogen-bond donors (Lipinski definition) is 2. The molecule has 0 radical (unpaired) electrons. The third kappa shape index (κ3) is 2.38. The first-order chi connectivity index (χ1) is 11.1. The van der Waals surface area contributed by atoms with Crippen LogP contribution in [-0.2, 0) is 19.6 Å². The maximum absolute atomic E-state index is 9.82. The van der Waals surface area contributed by atoms with Gasteiger partial charge in [0.1, 0.15) is 5.60 Å². The molecule has 0 aliphatic carbocycles. The van der Waals surface area contributed by atoms with Crippen LogP contribution in [0.3, 0.4) is 0 Å². The molecule has 6 heteroatoms. The Labute approximate surface area is 138 Å². The third-order valence-electron chi connectivity index (χ3n) is 5.76. The van der Waals surface area contributed by atoms with Gasteiger partial charge in [0, 0.05) is 0 Å². The molecule has 2 aliphatic rings. The van der Waals surface area contributed by atoms with Crippen molar-refractivity contribution in [2.45, 2.75) is 32.3 Å². The first-order valence-corrected chi connectivity index (χ1v) is 9.30. The van der Waals surface area contributed by atoms with Crippen molar-refractivity contribution >= 4 is 8.60 Å². The van der Waals surface area contributed by atoms with E-state index in [1.54, 1.807) is 0 Å². The maximum atomic E-state index is 9.82. The molecular weight excluding hydrogens is 315 g/mol. The van der Waals surface area contributed by atoms with E-state index >= 15 is 0 Å². The second-order valence-electron chi connectivity index (χ2n) is 6.64. The van der Waals surface area contributed by atoms with E-state index in [0.717, 1.165) is 18.4 Å². The lowest BCUT2D eigenvalue weighted by atomic mass is 9.52. The summed E-state index contributed by atoms with van der Waals surface area (Å²) < 4.78 is 17.2. The molecule has 1 aromatic carbocycles. The summed E-state index contributed by atoms with van der Waals surface area (Å²) in [5.41, 5.74) is -0.400. The largest absolute Gasteiger partial charge is 0.380 e. The van der Waals surface area contributed by atoms with E-state index in [4.69, 9.17) is 14.0 Å². The number of ether oxygens (including phenoxy) is 2. The number of rotatable bonds is 7. The van der Waals surface area contributed by atoms with Crippen molar-refractivity contribution in [2.24, 2.45) is 10.8 Å². The van der Waals surface area contributed by atoms with Crippen molar-refractivity contribution in [2.75, 3.05) is 26.4 Å². The highest BCUT2D eigenvalue weighted by Gasteiger charge is 2.69. The Balaban J connectivity index is 2.21. The predicted molar refractivity (Wildman–Crippen MR) is 87.6 cm³/mol. The van der Waals surface area contributed by atoms with Crippen LogP contribution in [-0.4, -0.2) is 36.2 Å². The Hall–Kier alpha value is -0.550. The van der Waals surface area contributed by atoms with Gasteiger partial charge in [0.05, 0.1) is 37.3 Å². The van der Waals surface area contributed by atoms with Gasteiger partial charge in [0.2, 0.25) is 0 Å². The summed E-state index contributed by atoms with van der Waals surface area (Å²) >= 11 is 0. The molecule has 0 amide bonds. The molecule has 2 aliphatic heterocycles. The summed E-state index contributed by atoms with van der Waals surface area (Å²) in [6.45, 7) is 6.46. The zero-order chi connectivity index (χ0) is 16.6. The summed E-state index contributed by atoms with van der Waals surface area (Å²) in [7, 11) is -2.51. The summed E-state index contributed by atoms with van der Waals surface area (Å²) in [4.78, 5) is 19.6. The summed E-state index contributed by atoms with van der Waals surface area (Å²) in [5, 5.41) is 0. The molecule has 0 atom stereocenters. The minimum Gasteiger partial charge on any atom is -0.380 e. The van der Waals surface area contributed by atoms with Gasteiger partial charge in [0.25, 0.3) is 0 Å². The van der Waals surface area contributed by atoms with Crippen molar-refractivity contribution < 1.29 is 23.8 Å². The van der Waals surface area contributed by atoms with Crippen molar-refractivity contribution in [3.05, 3.63) is 35.9 Å². The molecule has 2 fully saturated rings. The van der Waals surface area contributed by atoms with Gasteiger partial charge in [-0.2, -0.15) is 0 Å². The molecule has 2 heterocycles. The fraction of sp³-hybridized carbons (Fsp3) is 0.647. The van der Waals surface area contributed by atoms with Crippen molar-refractivity contribution in [3.8, 4) is 0 Å². The van der Waals surface area contributed by atoms with Crippen LogP contribution >= 0.6 is 8.60 Å². The minimum atomic E-state index is -2.51. The second kappa shape index (κ2) is 6.40. The molecule has 128 valence electrons. The maximum Gasteiger partial charge on any atom is 0.327 e. The lowest BCUT2D eigenvalue weighted by Crippen LogP contribution is -2.70. The number of benzene rings is 1. The molecular formula is C17H25O5P. The molecule has 2 N–H and O–H groups in total. The molecule has 0 saturated carbocycles. The average Bonchev–Trinajstić information content (AvgIpc) is 2.46. The Bertz CT molecular complexity index is 492. The molecule has 0 bridgehead atoms. The molecule has 2 saturated heterocycles. The Morgan fingerprint density at radius 1 is 1.00 bits per heavy atom. The molecule has 5 nitrogen and oxygen atoms in total. The molecule has 0 spiro atoms. The SMILES string of the molecule is CCC1(C(OP(O)O)(c2ccccc2)C2(CC)COC2)COC1. The molecule has 0 aromatic heterocycles. The van der Waals surface area contributed by atoms with Gasteiger partial charge in [0.15, 0.2) is 0 Å². The van der Waals surface area contributed by atoms with Crippen LogP contribution in [0.25, 0.3) is 0 Å². The average molecular weight is 340 g/mol. The van der Waals surface area contributed by atoms with Crippen LogP contribution in [0.1, 0.15) is 32.3 Å². The van der Waals surface area contributed by atoms with Gasteiger partial charge < -0.3 is 19.3 Å². The van der Waals surface area contributed by atoms with E-state index in [1.807, 2.05) is 30.3 Å². The van der Waals surface area contributed by atoms with Crippen LogP contribution < -0.4 is 0 Å². The summed E-state index contributed by atoms with van der Waals surface area (Å²) in [5.74, 6) is 0. The van der Waals surface area contributed by atoms with E-state index in [0.29, 0.717) is 26.4 Å². The highest BCUT2D eigenvalue weighted by molar-refractivity contribution is 7.39. The fourth-order valence-electron chi connectivity index (χ4n) is 4.23. The van der Waals surface area contributed by atoms with Gasteiger partial charge in [-0.25, -0.2) is 0 Å². The minimum absolute atomic E-state index is 0.278. The van der Waals surface area contributed by atoms with Gasteiger partial charge in [-0.1, -0.05) is 44.2 Å². The van der Waals surface area contributed by atoms with Crippen molar-refractivity contribution in [1.82, 2.24) is 0 Å². The number of hydrogen-bond acceptors (Lipinski definition) is 5. The molecule has 3 rings (SSSR count). The molecule has 23 heavy (non-hydrogen) atoms. The Morgan fingerprint density at radius 2 is 1.48 bits per heavy atom. The van der Waals surface area contributed by atoms with Crippen LogP contribution in [0.4, 0.5) is 0 Å². The molecule has 0 unspecified atom stereocenters. The smallest absolute Gasteiger partial charge is 0.327 e. The molecule has 1 aromatic rings. The highest BCUT2D eigenvalue weighted by Crippen LogP contribution is 2.65. The van der Waals surface area contributed by atoms with Crippen LogP contribution in [0.5, 0.6) is 0 Å². The van der Waals surface area contributed by atoms with E-state index in [2.05, 4.69) is 13.8 Å². The Morgan fingerprint density at radius 3 is 1.78 bits per heavy atom. The Kier molecular flexibility index (Phi) is 4.81. The topological polar surface area (TPSA) is 68.2 Å². The quantitative estimate of drug-likeness (QED) is 0.747. The lowest BCUT2D eigenvalue weighted by Gasteiger charge is -2.64. The van der Waals surface area contributed by atoms with Gasteiger partial charge in [-0.3, -0.25) is 4.52 Å². The van der Waals surface area contributed by atoms with Crippen molar-refractivity contribution in [3.63, 3.8) is 0 Å². The van der Waals surface area contributed by atoms with E-state index in [9.17, 15) is 9.79 Å².